The maximum absolute atomic E-state index is 13.0. The lowest BCUT2D eigenvalue weighted by Crippen LogP contribution is -2.46. The average molecular weight is 495 g/mol. The molecule has 1 amide bonds. The molecule has 4 aromatic rings. The molecule has 1 fully saturated rings. The van der Waals surface area contributed by atoms with Crippen LogP contribution in [-0.4, -0.2) is 71.7 Å². The number of para-hydroxylation sites is 1. The molecule has 1 aliphatic rings. The molecule has 34 heavy (non-hydrogen) atoms. The first-order chi connectivity index (χ1) is 16.4. The third-order valence-corrected chi connectivity index (χ3v) is 8.58. The van der Waals surface area contributed by atoms with E-state index >= 15 is 0 Å². The number of piperazine rings is 1. The first kappa shape index (κ1) is 22.5. The van der Waals surface area contributed by atoms with Crippen LogP contribution in [0, 0.1) is 0 Å². The van der Waals surface area contributed by atoms with E-state index in [4.69, 9.17) is 0 Å². The Morgan fingerprint density at radius 3 is 2.41 bits per heavy atom. The van der Waals surface area contributed by atoms with Gasteiger partial charge in [-0.1, -0.05) is 12.1 Å². The summed E-state index contributed by atoms with van der Waals surface area (Å²) < 4.78 is 28.3. The van der Waals surface area contributed by atoms with E-state index in [1.807, 2.05) is 31.3 Å². The summed E-state index contributed by atoms with van der Waals surface area (Å²) in [5.41, 5.74) is 1.84. The van der Waals surface area contributed by atoms with E-state index in [9.17, 15) is 13.2 Å². The molecular weight excluding hydrogens is 472 g/mol. The molecule has 0 aliphatic carbocycles. The van der Waals surface area contributed by atoms with E-state index in [2.05, 4.69) is 25.2 Å². The van der Waals surface area contributed by atoms with E-state index < -0.39 is 15.9 Å². The predicted octanol–water partition coefficient (Wildman–Crippen LogP) is 2.94. The molecule has 2 aromatic carbocycles. The van der Waals surface area contributed by atoms with Gasteiger partial charge in [-0.3, -0.25) is 4.79 Å². The zero-order chi connectivity index (χ0) is 23.7. The SMILES string of the molecule is CN1CCN(S(=O)(=O)c2ccc(NC(=O)c3nccnc3-c3nc4ccccc4s3)cc2)CC1. The summed E-state index contributed by atoms with van der Waals surface area (Å²) in [5, 5.41) is 3.39. The van der Waals surface area contributed by atoms with Gasteiger partial charge in [0.25, 0.3) is 5.91 Å². The second kappa shape index (κ2) is 9.18. The summed E-state index contributed by atoms with van der Waals surface area (Å²) in [6.45, 7) is 2.31. The Balaban J connectivity index is 1.35. The average Bonchev–Trinajstić information content (AvgIpc) is 3.29. The number of fused-ring (bicyclic) bond motifs is 1. The Morgan fingerprint density at radius 1 is 0.971 bits per heavy atom. The van der Waals surface area contributed by atoms with Crippen LogP contribution in [-0.2, 0) is 10.0 Å². The number of hydrogen-bond donors (Lipinski definition) is 1. The van der Waals surface area contributed by atoms with Gasteiger partial charge in [0.1, 0.15) is 10.7 Å². The van der Waals surface area contributed by atoms with Gasteiger partial charge >= 0.3 is 0 Å². The lowest BCUT2D eigenvalue weighted by Gasteiger charge is -2.31. The quantitative estimate of drug-likeness (QED) is 0.454. The molecule has 11 heteroatoms. The van der Waals surface area contributed by atoms with Crippen LogP contribution < -0.4 is 5.32 Å². The number of amides is 1. The normalized spacial score (nSPS) is 15.4. The molecule has 0 radical (unpaired) electrons. The minimum Gasteiger partial charge on any atom is -0.321 e. The molecule has 1 aliphatic heterocycles. The topological polar surface area (TPSA) is 108 Å². The van der Waals surface area contributed by atoms with Crippen LogP contribution in [0.25, 0.3) is 20.9 Å². The number of anilines is 1. The molecule has 0 atom stereocenters. The lowest BCUT2D eigenvalue weighted by molar-refractivity contribution is 0.102. The molecule has 2 aromatic heterocycles. The summed E-state index contributed by atoms with van der Waals surface area (Å²) >= 11 is 1.44. The molecular formula is C23H22N6O3S2. The molecule has 0 unspecified atom stereocenters. The van der Waals surface area contributed by atoms with Crippen molar-refractivity contribution in [2.75, 3.05) is 38.5 Å². The predicted molar refractivity (Wildman–Crippen MR) is 131 cm³/mol. The highest BCUT2D eigenvalue weighted by molar-refractivity contribution is 7.89. The number of thiazole rings is 1. The Labute approximate surface area is 201 Å². The molecule has 1 N–H and O–H groups in total. The number of nitrogens with one attached hydrogen (secondary N) is 1. The smallest absolute Gasteiger partial charge is 0.276 e. The van der Waals surface area contributed by atoms with E-state index in [-0.39, 0.29) is 10.6 Å². The maximum atomic E-state index is 13.0. The summed E-state index contributed by atoms with van der Waals surface area (Å²) in [6, 6.07) is 13.9. The fourth-order valence-corrected chi connectivity index (χ4v) is 6.10. The molecule has 5 rings (SSSR count). The van der Waals surface area contributed by atoms with E-state index in [0.717, 1.165) is 10.2 Å². The lowest BCUT2D eigenvalue weighted by atomic mass is 10.2. The summed E-state index contributed by atoms with van der Waals surface area (Å²) in [6.07, 6.45) is 2.98. The number of likely N-dealkylation sites (N-methyl/N-ethyl adjacent to an activating group) is 1. The highest BCUT2D eigenvalue weighted by Gasteiger charge is 2.27. The second-order valence-electron chi connectivity index (χ2n) is 7.93. The van der Waals surface area contributed by atoms with Crippen molar-refractivity contribution in [3.63, 3.8) is 0 Å². The van der Waals surface area contributed by atoms with Gasteiger partial charge in [0.15, 0.2) is 5.69 Å². The van der Waals surface area contributed by atoms with Gasteiger partial charge in [0, 0.05) is 44.3 Å². The van der Waals surface area contributed by atoms with Crippen molar-refractivity contribution in [1.82, 2.24) is 24.2 Å². The summed E-state index contributed by atoms with van der Waals surface area (Å²) in [5.74, 6) is -0.447. The van der Waals surface area contributed by atoms with Crippen molar-refractivity contribution >= 4 is 43.2 Å². The monoisotopic (exact) mass is 494 g/mol. The molecule has 174 valence electrons. The fraction of sp³-hybridized carbons (Fsp3) is 0.217. The largest absolute Gasteiger partial charge is 0.321 e. The van der Waals surface area contributed by atoms with Gasteiger partial charge in [-0.05, 0) is 43.4 Å². The number of sulfonamides is 1. The van der Waals surface area contributed by atoms with Gasteiger partial charge in [0.2, 0.25) is 10.0 Å². The van der Waals surface area contributed by atoms with Crippen molar-refractivity contribution in [3.05, 3.63) is 66.6 Å². The van der Waals surface area contributed by atoms with Gasteiger partial charge in [-0.2, -0.15) is 4.31 Å². The van der Waals surface area contributed by atoms with E-state index in [0.29, 0.717) is 42.6 Å². The fourth-order valence-electron chi connectivity index (χ4n) is 3.71. The van der Waals surface area contributed by atoms with E-state index in [1.165, 1.54) is 40.2 Å². The van der Waals surface area contributed by atoms with Gasteiger partial charge in [-0.25, -0.2) is 23.4 Å². The zero-order valence-corrected chi connectivity index (χ0v) is 20.0. The first-order valence-electron chi connectivity index (χ1n) is 10.7. The maximum Gasteiger partial charge on any atom is 0.276 e. The molecule has 9 nitrogen and oxygen atoms in total. The number of carbonyl (C=O) groups is 1. The van der Waals surface area contributed by atoms with Gasteiger partial charge in [-0.15, -0.1) is 11.3 Å². The number of benzene rings is 2. The molecule has 3 heterocycles. The van der Waals surface area contributed by atoms with Gasteiger partial charge in [0.05, 0.1) is 15.1 Å². The third-order valence-electron chi connectivity index (χ3n) is 5.62. The van der Waals surface area contributed by atoms with Crippen LogP contribution in [0.4, 0.5) is 5.69 Å². The van der Waals surface area contributed by atoms with Crippen molar-refractivity contribution in [1.29, 1.82) is 0 Å². The van der Waals surface area contributed by atoms with Crippen molar-refractivity contribution in [2.24, 2.45) is 0 Å². The zero-order valence-electron chi connectivity index (χ0n) is 18.4. The first-order valence-corrected chi connectivity index (χ1v) is 12.9. The highest BCUT2D eigenvalue weighted by atomic mass is 32.2. The van der Waals surface area contributed by atoms with Crippen molar-refractivity contribution in [2.45, 2.75) is 4.90 Å². The minimum atomic E-state index is -3.57. The molecule has 0 bridgehead atoms. The third kappa shape index (κ3) is 4.42. The van der Waals surface area contributed by atoms with Crippen LogP contribution in [0.3, 0.4) is 0 Å². The van der Waals surface area contributed by atoms with Crippen molar-refractivity contribution in [3.8, 4) is 10.7 Å². The van der Waals surface area contributed by atoms with Crippen LogP contribution in [0.15, 0.2) is 65.8 Å². The molecule has 0 spiro atoms. The van der Waals surface area contributed by atoms with Gasteiger partial charge < -0.3 is 10.2 Å². The molecule has 1 saturated heterocycles. The van der Waals surface area contributed by atoms with Crippen LogP contribution in [0.1, 0.15) is 10.5 Å². The number of aromatic nitrogens is 3. The Hall–Kier alpha value is -3.25. The van der Waals surface area contributed by atoms with Crippen molar-refractivity contribution < 1.29 is 13.2 Å². The van der Waals surface area contributed by atoms with Crippen LogP contribution in [0.5, 0.6) is 0 Å². The number of carbonyl (C=O) groups excluding carboxylic acids is 1. The van der Waals surface area contributed by atoms with E-state index in [1.54, 1.807) is 12.1 Å². The number of hydrogen-bond acceptors (Lipinski definition) is 8. The summed E-state index contributed by atoms with van der Waals surface area (Å²) in [4.78, 5) is 28.5. The highest BCUT2D eigenvalue weighted by Crippen LogP contribution is 2.30. The Kier molecular flexibility index (Phi) is 6.09. The standard InChI is InChI=1S/C23H22N6O3S2/c1-28-12-14-29(15-13-28)34(31,32)17-8-6-16(7-9-17)26-22(30)20-21(25-11-10-24-20)23-27-18-4-2-3-5-19(18)33-23/h2-11H,12-15H2,1H3,(H,26,30). The Bertz CT molecular complexity index is 1410. The second-order valence-corrected chi connectivity index (χ2v) is 10.9. The van der Waals surface area contributed by atoms with Crippen LogP contribution >= 0.6 is 11.3 Å². The molecule has 0 saturated carbocycles. The minimum absolute atomic E-state index is 0.149. The van der Waals surface area contributed by atoms with Crippen LogP contribution in [0.2, 0.25) is 0 Å². The Morgan fingerprint density at radius 2 is 1.68 bits per heavy atom. The number of nitrogens with zero attached hydrogens (tertiary/aromatic N) is 5. The number of rotatable bonds is 5. The summed E-state index contributed by atoms with van der Waals surface area (Å²) in [7, 11) is -1.60.